The molecule has 2 heterocycles. The van der Waals surface area contributed by atoms with Gasteiger partial charge in [-0.15, -0.1) is 0 Å². The molecule has 0 radical (unpaired) electrons. The summed E-state index contributed by atoms with van der Waals surface area (Å²) < 4.78 is 16.9. The Morgan fingerprint density at radius 1 is 0.970 bits per heavy atom. The fourth-order valence-electron chi connectivity index (χ4n) is 4.18. The van der Waals surface area contributed by atoms with Crippen molar-refractivity contribution in [3.8, 4) is 17.2 Å². The second kappa shape index (κ2) is 8.61. The first kappa shape index (κ1) is 21.6. The van der Waals surface area contributed by atoms with E-state index in [0.717, 1.165) is 16.8 Å². The first-order chi connectivity index (χ1) is 16.0. The molecule has 2 aliphatic rings. The number of ether oxygens (including phenoxy) is 3. The smallest absolute Gasteiger partial charge is 0.251 e. The van der Waals surface area contributed by atoms with Crippen molar-refractivity contribution >= 4 is 34.7 Å². The van der Waals surface area contributed by atoms with E-state index in [4.69, 9.17) is 42.5 Å². The van der Waals surface area contributed by atoms with Gasteiger partial charge in [-0.25, -0.2) is 5.01 Å². The van der Waals surface area contributed by atoms with E-state index >= 15 is 0 Å². The van der Waals surface area contributed by atoms with E-state index < -0.39 is 6.23 Å². The molecule has 8 heteroatoms. The zero-order valence-electron chi connectivity index (χ0n) is 17.9. The van der Waals surface area contributed by atoms with E-state index in [1.807, 2.05) is 24.3 Å². The first-order valence-corrected chi connectivity index (χ1v) is 11.1. The highest BCUT2D eigenvalue weighted by molar-refractivity contribution is 6.31. The Balaban J connectivity index is 1.56. The predicted molar refractivity (Wildman–Crippen MR) is 127 cm³/mol. The summed E-state index contributed by atoms with van der Waals surface area (Å²) in [4.78, 5) is 13.4. The number of carbonyl (C=O) groups excluding carboxylic acids is 1. The van der Waals surface area contributed by atoms with E-state index in [1.54, 1.807) is 55.6 Å². The Morgan fingerprint density at radius 3 is 2.42 bits per heavy atom. The van der Waals surface area contributed by atoms with Crippen molar-refractivity contribution in [1.29, 1.82) is 0 Å². The quantitative estimate of drug-likeness (QED) is 0.432. The van der Waals surface area contributed by atoms with Crippen molar-refractivity contribution in [3.63, 3.8) is 0 Å². The minimum absolute atomic E-state index is 0.197. The molecule has 6 nitrogen and oxygen atoms in total. The monoisotopic (exact) mass is 482 g/mol. The summed E-state index contributed by atoms with van der Waals surface area (Å²) in [6, 6.07) is 17.6. The number of halogens is 2. The number of hydrazone groups is 1. The maximum Gasteiger partial charge on any atom is 0.251 e. The van der Waals surface area contributed by atoms with Crippen LogP contribution in [0.1, 0.15) is 33.9 Å². The summed E-state index contributed by atoms with van der Waals surface area (Å²) in [6.45, 7) is 0. The van der Waals surface area contributed by atoms with Crippen LogP contribution in [0.15, 0.2) is 65.8 Å². The molecule has 3 aromatic carbocycles. The third-order valence-corrected chi connectivity index (χ3v) is 6.31. The molecule has 0 fully saturated rings. The molecule has 0 aromatic heterocycles. The predicted octanol–water partition coefficient (Wildman–Crippen LogP) is 5.76. The zero-order valence-corrected chi connectivity index (χ0v) is 19.4. The Bertz CT molecular complexity index is 1260. The van der Waals surface area contributed by atoms with Crippen LogP contribution in [0.25, 0.3) is 0 Å². The van der Waals surface area contributed by atoms with Crippen LogP contribution in [0.2, 0.25) is 10.0 Å². The lowest BCUT2D eigenvalue weighted by Gasteiger charge is -2.37. The van der Waals surface area contributed by atoms with Crippen LogP contribution in [-0.2, 0) is 0 Å². The summed E-state index contributed by atoms with van der Waals surface area (Å²) in [5.41, 5.74) is 3.08. The SMILES string of the molecule is COc1ccc(C2=NN3[C@@H](C(=O)c4ccc(Cl)cc4)Oc4ccc(Cl)cc4[C@@H]3C2)cc1OC. The molecule has 3 aromatic rings. The van der Waals surface area contributed by atoms with Crippen LogP contribution in [0.4, 0.5) is 0 Å². The van der Waals surface area contributed by atoms with Crippen LogP contribution in [0.5, 0.6) is 17.2 Å². The van der Waals surface area contributed by atoms with Crippen molar-refractivity contribution in [3.05, 3.63) is 87.4 Å². The molecule has 2 atom stereocenters. The van der Waals surface area contributed by atoms with E-state index in [-0.39, 0.29) is 11.8 Å². The van der Waals surface area contributed by atoms with E-state index in [9.17, 15) is 4.79 Å². The van der Waals surface area contributed by atoms with Gasteiger partial charge in [0, 0.05) is 33.2 Å². The van der Waals surface area contributed by atoms with Crippen molar-refractivity contribution < 1.29 is 19.0 Å². The largest absolute Gasteiger partial charge is 0.493 e. The summed E-state index contributed by atoms with van der Waals surface area (Å²) in [6.07, 6.45) is -0.334. The van der Waals surface area contributed by atoms with Crippen molar-refractivity contribution in [2.45, 2.75) is 18.7 Å². The number of fused-ring (bicyclic) bond motifs is 3. The van der Waals surface area contributed by atoms with Gasteiger partial charge >= 0.3 is 0 Å². The van der Waals surface area contributed by atoms with Crippen molar-refractivity contribution in [2.75, 3.05) is 14.2 Å². The summed E-state index contributed by atoms with van der Waals surface area (Å²) >= 11 is 12.3. The fourth-order valence-corrected chi connectivity index (χ4v) is 4.48. The van der Waals surface area contributed by atoms with Gasteiger partial charge in [0.05, 0.1) is 26.0 Å². The average Bonchev–Trinajstić information content (AvgIpc) is 3.29. The number of rotatable bonds is 5. The number of hydrogen-bond acceptors (Lipinski definition) is 6. The molecule has 5 rings (SSSR count). The normalized spacial score (nSPS) is 18.7. The Hall–Kier alpha value is -3.22. The van der Waals surface area contributed by atoms with E-state index in [2.05, 4.69) is 0 Å². The number of ketones is 1. The van der Waals surface area contributed by atoms with Gasteiger partial charge < -0.3 is 14.2 Å². The highest BCUT2D eigenvalue weighted by atomic mass is 35.5. The van der Waals surface area contributed by atoms with Crippen LogP contribution in [-0.4, -0.2) is 37.0 Å². The second-order valence-corrected chi connectivity index (χ2v) is 8.61. The van der Waals surface area contributed by atoms with Gasteiger partial charge in [-0.2, -0.15) is 5.10 Å². The molecule has 0 N–H and O–H groups in total. The minimum atomic E-state index is -0.914. The lowest BCUT2D eigenvalue weighted by atomic mass is 9.95. The number of hydrogen-bond donors (Lipinski definition) is 0. The first-order valence-electron chi connectivity index (χ1n) is 10.3. The minimum Gasteiger partial charge on any atom is -0.493 e. The summed E-state index contributed by atoms with van der Waals surface area (Å²) in [5, 5.41) is 7.70. The van der Waals surface area contributed by atoms with Gasteiger partial charge in [0.15, 0.2) is 11.5 Å². The van der Waals surface area contributed by atoms with Crippen LogP contribution >= 0.6 is 23.2 Å². The highest BCUT2D eigenvalue weighted by Gasteiger charge is 2.43. The number of benzene rings is 3. The summed E-state index contributed by atoms with van der Waals surface area (Å²) in [7, 11) is 3.18. The van der Waals surface area contributed by atoms with Gasteiger partial charge in [0.2, 0.25) is 5.78 Å². The molecule has 168 valence electrons. The summed E-state index contributed by atoms with van der Waals surface area (Å²) in [5.74, 6) is 1.66. The zero-order chi connectivity index (χ0) is 23.1. The average molecular weight is 483 g/mol. The third kappa shape index (κ3) is 3.90. The van der Waals surface area contributed by atoms with Gasteiger partial charge in [-0.1, -0.05) is 23.2 Å². The maximum absolute atomic E-state index is 13.4. The molecule has 0 saturated carbocycles. The number of nitrogens with zero attached hydrogens (tertiary/aromatic N) is 2. The molecular weight excluding hydrogens is 463 g/mol. The van der Waals surface area contributed by atoms with Crippen LogP contribution in [0.3, 0.4) is 0 Å². The van der Waals surface area contributed by atoms with E-state index in [1.165, 1.54) is 0 Å². The van der Waals surface area contributed by atoms with Crippen molar-refractivity contribution in [2.24, 2.45) is 5.10 Å². The molecule has 33 heavy (non-hydrogen) atoms. The molecule has 0 bridgehead atoms. The van der Waals surface area contributed by atoms with Crippen LogP contribution in [0, 0.1) is 0 Å². The number of Topliss-reactive ketones (excluding diaryl/α,β-unsaturated/α-hetero) is 1. The number of carbonyl (C=O) groups is 1. The van der Waals surface area contributed by atoms with Crippen molar-refractivity contribution in [1.82, 2.24) is 5.01 Å². The van der Waals surface area contributed by atoms with E-state index in [0.29, 0.717) is 39.3 Å². The number of methoxy groups -OCH3 is 2. The van der Waals surface area contributed by atoms with Gasteiger partial charge in [-0.3, -0.25) is 4.79 Å². The third-order valence-electron chi connectivity index (χ3n) is 5.82. The van der Waals surface area contributed by atoms with Gasteiger partial charge in [0.25, 0.3) is 6.23 Å². The topological polar surface area (TPSA) is 60.4 Å². The molecule has 0 saturated heterocycles. The molecule has 0 unspecified atom stereocenters. The lowest BCUT2D eigenvalue weighted by molar-refractivity contribution is -0.00455. The molecular formula is C25H20Cl2N2O4. The lowest BCUT2D eigenvalue weighted by Crippen LogP contribution is -2.45. The molecule has 0 aliphatic carbocycles. The van der Waals surface area contributed by atoms with Gasteiger partial charge in [0.1, 0.15) is 5.75 Å². The fraction of sp³-hybridized carbons (Fsp3) is 0.200. The molecule has 0 spiro atoms. The standard InChI is InChI=1S/C25H20Cl2N2O4/c1-31-22-9-5-15(11-23(22)32-2)19-13-20-18-12-17(27)8-10-21(18)33-25(29(20)28-19)24(30)14-3-6-16(26)7-4-14/h3-12,20,25H,13H2,1-2H3/t20-,25+/m0/s1. The van der Waals surface area contributed by atoms with Gasteiger partial charge in [-0.05, 0) is 60.7 Å². The molecule has 2 aliphatic heterocycles. The van der Waals surface area contributed by atoms with Crippen LogP contribution < -0.4 is 14.2 Å². The Kier molecular flexibility index (Phi) is 5.64. The highest BCUT2D eigenvalue weighted by Crippen LogP contribution is 2.45. The molecule has 0 amide bonds. The Labute approximate surface area is 201 Å². The Morgan fingerprint density at radius 2 is 1.70 bits per heavy atom. The maximum atomic E-state index is 13.4. The second-order valence-electron chi connectivity index (χ2n) is 7.74.